The zero-order valence-corrected chi connectivity index (χ0v) is 10.9. The topological polar surface area (TPSA) is 46.4 Å². The SMILES string of the molecule is O=C(Nc1cn2cc(I)ccc2n1)C1C[C@@H]1F. The molecule has 4 nitrogen and oxygen atoms in total. The standard InChI is InChI=1S/C11H9FIN3O/c12-8-3-7(8)11(17)15-9-5-16-4-6(13)1-2-10(16)14-9/h1-2,4-5,7-8H,3H2,(H,15,17)/t7?,8-/m0/s1. The van der Waals surface area contributed by atoms with Gasteiger partial charge in [0.2, 0.25) is 5.91 Å². The highest BCUT2D eigenvalue weighted by Crippen LogP contribution is 2.34. The van der Waals surface area contributed by atoms with E-state index in [1.807, 2.05) is 22.7 Å². The van der Waals surface area contributed by atoms with Crippen LogP contribution in [0.1, 0.15) is 6.42 Å². The summed E-state index contributed by atoms with van der Waals surface area (Å²) < 4.78 is 15.6. The lowest BCUT2D eigenvalue weighted by Crippen LogP contribution is -2.15. The minimum absolute atomic E-state index is 0.282. The first kappa shape index (κ1) is 10.9. The molecule has 0 spiro atoms. The van der Waals surface area contributed by atoms with Gasteiger partial charge in [-0.1, -0.05) is 0 Å². The van der Waals surface area contributed by atoms with Gasteiger partial charge in [-0.05, 0) is 41.1 Å². The van der Waals surface area contributed by atoms with E-state index in [9.17, 15) is 9.18 Å². The Morgan fingerprint density at radius 1 is 1.53 bits per heavy atom. The van der Waals surface area contributed by atoms with Gasteiger partial charge < -0.3 is 9.72 Å². The monoisotopic (exact) mass is 345 g/mol. The molecule has 1 fully saturated rings. The third-order valence-corrected chi connectivity index (χ3v) is 3.35. The van der Waals surface area contributed by atoms with Gasteiger partial charge in [0.1, 0.15) is 11.8 Å². The smallest absolute Gasteiger partial charge is 0.231 e. The van der Waals surface area contributed by atoms with Crippen molar-refractivity contribution < 1.29 is 9.18 Å². The number of halogens is 2. The van der Waals surface area contributed by atoms with Gasteiger partial charge in [-0.3, -0.25) is 4.79 Å². The Hall–Kier alpha value is -1.18. The molecule has 1 amide bonds. The van der Waals surface area contributed by atoms with Gasteiger partial charge in [-0.15, -0.1) is 0 Å². The van der Waals surface area contributed by atoms with Crippen LogP contribution >= 0.6 is 22.6 Å². The number of nitrogens with zero attached hydrogens (tertiary/aromatic N) is 2. The molecule has 17 heavy (non-hydrogen) atoms. The highest BCUT2D eigenvalue weighted by atomic mass is 127. The lowest BCUT2D eigenvalue weighted by atomic mass is 10.4. The van der Waals surface area contributed by atoms with Crippen LogP contribution in [-0.2, 0) is 4.79 Å². The molecule has 0 saturated heterocycles. The number of aromatic nitrogens is 2. The maximum absolute atomic E-state index is 12.7. The van der Waals surface area contributed by atoms with E-state index in [1.54, 1.807) is 6.20 Å². The first-order valence-corrected chi connectivity index (χ1v) is 6.30. The van der Waals surface area contributed by atoms with E-state index in [0.29, 0.717) is 12.2 Å². The molecule has 0 radical (unpaired) electrons. The molecular weight excluding hydrogens is 336 g/mol. The lowest BCUT2D eigenvalue weighted by molar-refractivity contribution is -0.117. The Morgan fingerprint density at radius 3 is 3.00 bits per heavy atom. The molecule has 3 rings (SSSR count). The predicted molar refractivity (Wildman–Crippen MR) is 69.5 cm³/mol. The maximum atomic E-state index is 12.7. The van der Waals surface area contributed by atoms with Crippen molar-refractivity contribution in [2.45, 2.75) is 12.6 Å². The number of fused-ring (bicyclic) bond motifs is 1. The molecule has 0 bridgehead atoms. The van der Waals surface area contributed by atoms with Gasteiger partial charge in [0, 0.05) is 9.77 Å². The quantitative estimate of drug-likeness (QED) is 0.849. The minimum atomic E-state index is -0.979. The fraction of sp³-hybridized carbons (Fsp3) is 0.273. The summed E-state index contributed by atoms with van der Waals surface area (Å²) in [5, 5.41) is 2.63. The summed E-state index contributed by atoms with van der Waals surface area (Å²) >= 11 is 2.20. The summed E-state index contributed by atoms with van der Waals surface area (Å²) in [6.07, 6.45) is 2.99. The van der Waals surface area contributed by atoms with E-state index in [0.717, 1.165) is 9.22 Å². The Kier molecular flexibility index (Phi) is 2.53. The van der Waals surface area contributed by atoms with Crippen molar-refractivity contribution in [1.82, 2.24) is 9.38 Å². The Morgan fingerprint density at radius 2 is 2.29 bits per heavy atom. The Bertz CT molecular complexity index is 597. The number of carbonyl (C=O) groups excluding carboxylic acids is 1. The Labute approximate surface area is 110 Å². The van der Waals surface area contributed by atoms with Crippen molar-refractivity contribution in [2.24, 2.45) is 5.92 Å². The molecule has 1 saturated carbocycles. The number of amides is 1. The Balaban J connectivity index is 1.83. The van der Waals surface area contributed by atoms with Crippen molar-refractivity contribution in [3.05, 3.63) is 28.1 Å². The molecule has 0 aromatic carbocycles. The summed E-state index contributed by atoms with van der Waals surface area (Å²) in [5.41, 5.74) is 0.758. The average Bonchev–Trinajstić information content (AvgIpc) is 2.87. The third kappa shape index (κ3) is 2.13. The fourth-order valence-electron chi connectivity index (χ4n) is 1.68. The molecule has 2 atom stereocenters. The number of rotatable bonds is 2. The van der Waals surface area contributed by atoms with Crippen LogP contribution in [0.4, 0.5) is 10.2 Å². The molecule has 1 unspecified atom stereocenters. The van der Waals surface area contributed by atoms with Crippen LogP contribution in [0.25, 0.3) is 5.65 Å². The third-order valence-electron chi connectivity index (χ3n) is 2.72. The van der Waals surface area contributed by atoms with Crippen LogP contribution in [0.3, 0.4) is 0 Å². The summed E-state index contributed by atoms with van der Waals surface area (Å²) in [5.74, 6) is -0.299. The second-order valence-corrected chi connectivity index (χ2v) is 5.33. The summed E-state index contributed by atoms with van der Waals surface area (Å²) in [4.78, 5) is 15.8. The van der Waals surface area contributed by atoms with E-state index in [-0.39, 0.29) is 5.91 Å². The van der Waals surface area contributed by atoms with Crippen molar-refractivity contribution >= 4 is 40.0 Å². The number of imidazole rings is 1. The first-order valence-electron chi connectivity index (χ1n) is 5.23. The molecule has 2 aromatic heterocycles. The lowest BCUT2D eigenvalue weighted by Gasteiger charge is -1.97. The average molecular weight is 345 g/mol. The van der Waals surface area contributed by atoms with Crippen molar-refractivity contribution in [3.63, 3.8) is 0 Å². The number of hydrogen-bond acceptors (Lipinski definition) is 2. The predicted octanol–water partition coefficient (Wildman–Crippen LogP) is 2.24. The number of nitrogens with one attached hydrogen (secondary N) is 1. The molecule has 1 aliphatic carbocycles. The van der Waals surface area contributed by atoms with E-state index in [2.05, 4.69) is 32.9 Å². The molecule has 6 heteroatoms. The van der Waals surface area contributed by atoms with Crippen molar-refractivity contribution in [1.29, 1.82) is 0 Å². The second kappa shape index (κ2) is 3.94. The van der Waals surface area contributed by atoms with Crippen LogP contribution in [-0.4, -0.2) is 21.5 Å². The van der Waals surface area contributed by atoms with Gasteiger partial charge in [0.05, 0.1) is 12.1 Å². The minimum Gasteiger partial charge on any atom is -0.309 e. The van der Waals surface area contributed by atoms with Gasteiger partial charge in [0.15, 0.2) is 5.82 Å². The van der Waals surface area contributed by atoms with Crippen LogP contribution in [0.2, 0.25) is 0 Å². The fourth-order valence-corrected chi connectivity index (χ4v) is 2.16. The molecule has 2 heterocycles. The molecule has 1 aliphatic rings. The van der Waals surface area contributed by atoms with E-state index < -0.39 is 12.1 Å². The van der Waals surface area contributed by atoms with Crippen LogP contribution in [0, 0.1) is 9.49 Å². The largest absolute Gasteiger partial charge is 0.309 e. The number of alkyl halides is 1. The molecule has 1 N–H and O–H groups in total. The molecule has 0 aliphatic heterocycles. The highest BCUT2D eigenvalue weighted by molar-refractivity contribution is 14.1. The summed E-state index contributed by atoms with van der Waals surface area (Å²) in [6.45, 7) is 0. The van der Waals surface area contributed by atoms with Gasteiger partial charge in [-0.25, -0.2) is 9.37 Å². The van der Waals surface area contributed by atoms with Gasteiger partial charge in [-0.2, -0.15) is 0 Å². The van der Waals surface area contributed by atoms with E-state index in [4.69, 9.17) is 0 Å². The van der Waals surface area contributed by atoms with E-state index >= 15 is 0 Å². The summed E-state index contributed by atoms with van der Waals surface area (Å²) in [6, 6.07) is 3.81. The van der Waals surface area contributed by atoms with Crippen molar-refractivity contribution in [2.75, 3.05) is 5.32 Å². The van der Waals surface area contributed by atoms with Crippen LogP contribution < -0.4 is 5.32 Å². The first-order chi connectivity index (χ1) is 8.13. The zero-order valence-electron chi connectivity index (χ0n) is 8.73. The van der Waals surface area contributed by atoms with Crippen molar-refractivity contribution in [3.8, 4) is 0 Å². The molecule has 2 aromatic rings. The number of hydrogen-bond donors (Lipinski definition) is 1. The number of pyridine rings is 1. The van der Waals surface area contributed by atoms with E-state index in [1.165, 1.54) is 0 Å². The van der Waals surface area contributed by atoms with Gasteiger partial charge >= 0.3 is 0 Å². The van der Waals surface area contributed by atoms with Crippen LogP contribution in [0.5, 0.6) is 0 Å². The number of carbonyl (C=O) groups is 1. The maximum Gasteiger partial charge on any atom is 0.231 e. The molecular formula is C11H9FIN3O. The number of anilines is 1. The zero-order chi connectivity index (χ0) is 12.0. The summed E-state index contributed by atoms with van der Waals surface area (Å²) in [7, 11) is 0. The normalized spacial score (nSPS) is 22.7. The molecule has 88 valence electrons. The second-order valence-electron chi connectivity index (χ2n) is 4.09. The van der Waals surface area contributed by atoms with Crippen LogP contribution in [0.15, 0.2) is 24.5 Å². The highest BCUT2D eigenvalue weighted by Gasteiger charge is 2.43. The van der Waals surface area contributed by atoms with Gasteiger partial charge in [0.25, 0.3) is 0 Å².